The van der Waals surface area contributed by atoms with Gasteiger partial charge in [0.15, 0.2) is 6.10 Å². The summed E-state index contributed by atoms with van der Waals surface area (Å²) in [6, 6.07) is 5.32. The summed E-state index contributed by atoms with van der Waals surface area (Å²) in [6.07, 6.45) is -0.629. The number of anilines is 1. The summed E-state index contributed by atoms with van der Waals surface area (Å²) in [6.45, 7) is 3.49. The molecule has 1 unspecified atom stereocenters. The second kappa shape index (κ2) is 2.99. The van der Waals surface area contributed by atoms with E-state index in [2.05, 4.69) is 0 Å². The number of fused-ring (bicyclic) bond motifs is 1. The number of rotatable bonds is 0. The molecule has 0 bridgehead atoms. The molecule has 0 saturated carbocycles. The van der Waals surface area contributed by atoms with E-state index in [1.807, 2.05) is 13.0 Å². The highest BCUT2D eigenvalue weighted by Crippen LogP contribution is 2.33. The van der Waals surface area contributed by atoms with E-state index < -0.39 is 12.0 Å². The predicted molar refractivity (Wildman–Crippen MR) is 50.5 cm³/mol. The minimum absolute atomic E-state index is 0.410. The molecule has 1 atom stereocenters. The average molecular weight is 193 g/mol. The average Bonchev–Trinajstić information content (AvgIpc) is 2.16. The minimum Gasteiger partial charge on any atom is -0.479 e. The van der Waals surface area contributed by atoms with Crippen LogP contribution in [0.1, 0.15) is 12.5 Å². The van der Waals surface area contributed by atoms with Crippen molar-refractivity contribution < 1.29 is 14.7 Å². The normalized spacial score (nSPS) is 20.4. The van der Waals surface area contributed by atoms with Gasteiger partial charge in [-0.25, -0.2) is 0 Å². The summed E-state index contributed by atoms with van der Waals surface area (Å²) in [5.74, 6) is 0.0910. The predicted octanol–water partition coefficient (Wildman–Crippen LogP) is 1.50. The Labute approximate surface area is 81.7 Å². The Kier molecular flexibility index (Phi) is 1.93. The minimum atomic E-state index is -0.629. The van der Waals surface area contributed by atoms with Crippen molar-refractivity contribution in [3.63, 3.8) is 0 Å². The van der Waals surface area contributed by atoms with Gasteiger partial charge in [0.25, 0.3) is 5.91 Å². The van der Waals surface area contributed by atoms with Crippen molar-refractivity contribution >= 4 is 11.6 Å². The zero-order chi connectivity index (χ0) is 10.3. The third kappa shape index (κ3) is 1.24. The quantitative estimate of drug-likeness (QED) is 0.635. The van der Waals surface area contributed by atoms with Crippen LogP contribution in [0.4, 0.5) is 5.69 Å². The molecule has 1 aliphatic rings. The lowest BCUT2D eigenvalue weighted by Crippen LogP contribution is -2.42. The van der Waals surface area contributed by atoms with E-state index in [9.17, 15) is 10.0 Å². The third-order valence-electron chi connectivity index (χ3n) is 2.20. The summed E-state index contributed by atoms with van der Waals surface area (Å²) >= 11 is 0. The molecule has 1 heterocycles. The molecular weight excluding hydrogens is 182 g/mol. The first-order valence-electron chi connectivity index (χ1n) is 4.40. The Hall–Kier alpha value is -1.55. The van der Waals surface area contributed by atoms with Crippen LogP contribution in [0.5, 0.6) is 5.75 Å². The fraction of sp³-hybridized carbons (Fsp3) is 0.300. The molecule has 0 spiro atoms. The number of hydrogen-bond acceptors (Lipinski definition) is 3. The molecule has 4 nitrogen and oxygen atoms in total. The van der Waals surface area contributed by atoms with E-state index in [-0.39, 0.29) is 0 Å². The molecule has 1 amide bonds. The summed E-state index contributed by atoms with van der Waals surface area (Å²) in [5, 5.41) is 10.2. The molecule has 0 aromatic heterocycles. The van der Waals surface area contributed by atoms with Gasteiger partial charge < -0.3 is 4.74 Å². The third-order valence-corrected chi connectivity index (χ3v) is 2.20. The van der Waals surface area contributed by atoms with Gasteiger partial charge in [-0.1, -0.05) is 6.07 Å². The number of amides is 1. The van der Waals surface area contributed by atoms with E-state index >= 15 is 0 Å². The van der Waals surface area contributed by atoms with Gasteiger partial charge in [0.05, 0.1) is 0 Å². The van der Waals surface area contributed by atoms with Crippen molar-refractivity contribution in [2.75, 3.05) is 5.06 Å². The second-order valence-corrected chi connectivity index (χ2v) is 3.38. The lowest BCUT2D eigenvalue weighted by molar-refractivity contribution is -0.131. The smallest absolute Gasteiger partial charge is 0.291 e. The highest BCUT2D eigenvalue weighted by Gasteiger charge is 2.30. The van der Waals surface area contributed by atoms with E-state index in [4.69, 9.17) is 4.74 Å². The fourth-order valence-corrected chi connectivity index (χ4v) is 1.42. The zero-order valence-corrected chi connectivity index (χ0v) is 8.02. The number of aryl methyl sites for hydroxylation is 1. The van der Waals surface area contributed by atoms with Crippen LogP contribution >= 0.6 is 0 Å². The highest BCUT2D eigenvalue weighted by molar-refractivity contribution is 5.97. The van der Waals surface area contributed by atoms with Crippen LogP contribution in [0, 0.1) is 6.92 Å². The van der Waals surface area contributed by atoms with Crippen LogP contribution in [0.3, 0.4) is 0 Å². The second-order valence-electron chi connectivity index (χ2n) is 3.38. The van der Waals surface area contributed by atoms with Gasteiger partial charge in [0.2, 0.25) is 0 Å². The van der Waals surface area contributed by atoms with Crippen molar-refractivity contribution in [1.29, 1.82) is 0 Å². The molecule has 1 aliphatic heterocycles. The van der Waals surface area contributed by atoms with Gasteiger partial charge >= 0.3 is 0 Å². The Morgan fingerprint density at radius 1 is 1.50 bits per heavy atom. The van der Waals surface area contributed by atoms with E-state index in [1.54, 1.807) is 19.1 Å². The maximum atomic E-state index is 11.4. The fourth-order valence-electron chi connectivity index (χ4n) is 1.42. The zero-order valence-electron chi connectivity index (χ0n) is 8.02. The van der Waals surface area contributed by atoms with E-state index in [0.717, 1.165) is 5.56 Å². The Balaban J connectivity index is 2.51. The van der Waals surface area contributed by atoms with Crippen molar-refractivity contribution in [2.24, 2.45) is 0 Å². The lowest BCUT2D eigenvalue weighted by atomic mass is 10.1. The molecule has 4 heteroatoms. The first kappa shape index (κ1) is 9.02. The number of benzene rings is 1. The number of carbonyl (C=O) groups excluding carboxylic acids is 1. The number of carbonyl (C=O) groups is 1. The van der Waals surface area contributed by atoms with E-state index in [0.29, 0.717) is 16.5 Å². The first-order chi connectivity index (χ1) is 6.59. The van der Waals surface area contributed by atoms with Crippen molar-refractivity contribution in [3.05, 3.63) is 23.8 Å². The van der Waals surface area contributed by atoms with Gasteiger partial charge in [-0.05, 0) is 31.5 Å². The Morgan fingerprint density at radius 3 is 2.93 bits per heavy atom. The van der Waals surface area contributed by atoms with Gasteiger partial charge in [-0.15, -0.1) is 0 Å². The molecular formula is C10H11NO3. The van der Waals surface area contributed by atoms with Gasteiger partial charge in [-0.3, -0.25) is 10.0 Å². The Bertz CT molecular complexity index is 389. The molecule has 14 heavy (non-hydrogen) atoms. The number of hydroxylamine groups is 1. The topological polar surface area (TPSA) is 49.8 Å². The molecule has 1 aromatic rings. The SMILES string of the molecule is Cc1ccc2c(c1)N(O)C(=O)C(C)O2. The molecule has 74 valence electrons. The largest absolute Gasteiger partial charge is 0.479 e. The Morgan fingerprint density at radius 2 is 2.21 bits per heavy atom. The van der Waals surface area contributed by atoms with Crippen molar-refractivity contribution in [2.45, 2.75) is 20.0 Å². The van der Waals surface area contributed by atoms with E-state index in [1.165, 1.54) is 0 Å². The molecule has 0 saturated heterocycles. The summed E-state index contributed by atoms with van der Waals surface area (Å²) in [7, 11) is 0. The number of hydrogen-bond donors (Lipinski definition) is 1. The van der Waals surface area contributed by atoms with Crippen LogP contribution in [-0.2, 0) is 4.79 Å². The maximum Gasteiger partial charge on any atom is 0.291 e. The van der Waals surface area contributed by atoms with Gasteiger partial charge in [0, 0.05) is 0 Å². The molecule has 0 fully saturated rings. The first-order valence-corrected chi connectivity index (χ1v) is 4.40. The molecule has 1 aromatic carbocycles. The van der Waals surface area contributed by atoms with Gasteiger partial charge in [-0.2, -0.15) is 5.06 Å². The molecule has 0 aliphatic carbocycles. The highest BCUT2D eigenvalue weighted by atomic mass is 16.6. The van der Waals surface area contributed by atoms with Crippen LogP contribution < -0.4 is 9.80 Å². The number of ether oxygens (including phenoxy) is 1. The standard InChI is InChI=1S/C10H11NO3/c1-6-3-4-9-8(5-6)11(13)10(12)7(2)14-9/h3-5,7,13H,1-2H3. The molecule has 0 radical (unpaired) electrons. The molecule has 1 N–H and O–H groups in total. The lowest BCUT2D eigenvalue weighted by Gasteiger charge is -2.28. The molecule has 2 rings (SSSR count). The monoisotopic (exact) mass is 193 g/mol. The maximum absolute atomic E-state index is 11.4. The van der Waals surface area contributed by atoms with Crippen LogP contribution in [-0.4, -0.2) is 17.2 Å². The summed E-state index contributed by atoms with van der Waals surface area (Å²) in [5.41, 5.74) is 1.38. The van der Waals surface area contributed by atoms with Crippen LogP contribution in [0.15, 0.2) is 18.2 Å². The van der Waals surface area contributed by atoms with Crippen molar-refractivity contribution in [1.82, 2.24) is 0 Å². The number of nitrogens with zero attached hydrogens (tertiary/aromatic N) is 1. The van der Waals surface area contributed by atoms with Gasteiger partial charge in [0.1, 0.15) is 11.4 Å². The van der Waals surface area contributed by atoms with Crippen molar-refractivity contribution in [3.8, 4) is 5.75 Å². The van der Waals surface area contributed by atoms with Crippen LogP contribution in [0.25, 0.3) is 0 Å². The summed E-state index contributed by atoms with van der Waals surface area (Å²) in [4.78, 5) is 11.4. The summed E-state index contributed by atoms with van der Waals surface area (Å²) < 4.78 is 5.32. The van der Waals surface area contributed by atoms with Crippen LogP contribution in [0.2, 0.25) is 0 Å².